The molecule has 2 saturated carbocycles. The van der Waals surface area contributed by atoms with E-state index in [1.54, 1.807) is 7.11 Å². The summed E-state index contributed by atoms with van der Waals surface area (Å²) in [6, 6.07) is 6.62. The Morgan fingerprint density at radius 3 is 2.70 bits per heavy atom. The van der Waals surface area contributed by atoms with Crippen LogP contribution in [0.25, 0.3) is 0 Å². The van der Waals surface area contributed by atoms with Crippen molar-refractivity contribution in [2.24, 2.45) is 22.7 Å². The third kappa shape index (κ3) is 2.03. The van der Waals surface area contributed by atoms with Crippen molar-refractivity contribution < 1.29 is 9.53 Å². The molecule has 4 rings (SSSR count). The molecule has 0 spiro atoms. The van der Waals surface area contributed by atoms with E-state index in [-0.39, 0.29) is 10.8 Å². The van der Waals surface area contributed by atoms with Crippen molar-refractivity contribution in [2.75, 3.05) is 7.11 Å². The molecule has 4 atom stereocenters. The first-order valence-corrected chi connectivity index (χ1v) is 9.08. The van der Waals surface area contributed by atoms with Crippen LogP contribution in [0.2, 0.25) is 0 Å². The van der Waals surface area contributed by atoms with E-state index >= 15 is 0 Å². The van der Waals surface area contributed by atoms with Crippen LogP contribution in [0.3, 0.4) is 0 Å². The Morgan fingerprint density at radius 2 is 1.96 bits per heavy atom. The van der Waals surface area contributed by atoms with Crippen LogP contribution in [-0.2, 0) is 11.2 Å². The van der Waals surface area contributed by atoms with Crippen molar-refractivity contribution in [3.63, 3.8) is 0 Å². The molecule has 0 saturated heterocycles. The molecule has 0 amide bonds. The van der Waals surface area contributed by atoms with Crippen LogP contribution >= 0.6 is 0 Å². The van der Waals surface area contributed by atoms with Gasteiger partial charge in [-0.05, 0) is 73.1 Å². The van der Waals surface area contributed by atoms with Gasteiger partial charge in [-0.25, -0.2) is 0 Å². The van der Waals surface area contributed by atoms with Crippen LogP contribution in [-0.4, -0.2) is 12.9 Å². The number of rotatable bonds is 1. The maximum Gasteiger partial charge on any atom is 0.144 e. The Balaban J connectivity index is 1.71. The van der Waals surface area contributed by atoms with Crippen LogP contribution in [0.1, 0.15) is 63.5 Å². The predicted molar refractivity (Wildman–Crippen MR) is 91.8 cm³/mol. The second kappa shape index (κ2) is 4.84. The van der Waals surface area contributed by atoms with Gasteiger partial charge in [0.05, 0.1) is 7.11 Å². The summed E-state index contributed by atoms with van der Waals surface area (Å²) in [6.07, 6.45) is 5.67. The number of methoxy groups -OCH3 is 1. The molecule has 2 fully saturated rings. The molecule has 0 N–H and O–H groups in total. The summed E-state index contributed by atoms with van der Waals surface area (Å²) >= 11 is 0. The molecular weight excluding hydrogens is 284 g/mol. The minimum atomic E-state index is -0.130. The van der Waals surface area contributed by atoms with E-state index in [9.17, 15) is 4.79 Å². The van der Waals surface area contributed by atoms with Gasteiger partial charge in [0.15, 0.2) is 0 Å². The number of ketones is 1. The molecule has 2 nitrogen and oxygen atoms in total. The number of carbonyl (C=O) groups excluding carboxylic acids is 1. The molecule has 0 bridgehead atoms. The smallest absolute Gasteiger partial charge is 0.144 e. The number of ether oxygens (including phenoxy) is 1. The van der Waals surface area contributed by atoms with E-state index in [4.69, 9.17) is 4.74 Å². The van der Waals surface area contributed by atoms with E-state index in [0.29, 0.717) is 23.5 Å². The Morgan fingerprint density at radius 1 is 1.17 bits per heavy atom. The molecular formula is C21H28O2. The monoisotopic (exact) mass is 312 g/mol. The van der Waals surface area contributed by atoms with E-state index in [2.05, 4.69) is 39.0 Å². The third-order valence-corrected chi connectivity index (χ3v) is 7.19. The molecule has 0 unspecified atom stereocenters. The molecule has 124 valence electrons. The van der Waals surface area contributed by atoms with E-state index < -0.39 is 0 Å². The highest BCUT2D eigenvalue weighted by Gasteiger charge is 2.60. The van der Waals surface area contributed by atoms with Crippen LogP contribution in [0.4, 0.5) is 0 Å². The van der Waals surface area contributed by atoms with Gasteiger partial charge in [0, 0.05) is 10.8 Å². The zero-order valence-electron chi connectivity index (χ0n) is 14.8. The molecule has 3 aliphatic carbocycles. The van der Waals surface area contributed by atoms with Gasteiger partial charge in [0.25, 0.3) is 0 Å². The lowest BCUT2D eigenvalue weighted by atomic mass is 9.55. The minimum absolute atomic E-state index is 0.0748. The molecule has 1 aromatic carbocycles. The SMILES string of the molecule is COc1ccc2c(c1)CC[C@@H]1[C@@H]2CC[C@]2(C)C(=O)C(C)(C)C[C@@H]12. The van der Waals surface area contributed by atoms with Gasteiger partial charge in [-0.3, -0.25) is 4.79 Å². The van der Waals surface area contributed by atoms with Crippen molar-refractivity contribution >= 4 is 5.78 Å². The van der Waals surface area contributed by atoms with Gasteiger partial charge in [0.1, 0.15) is 11.5 Å². The van der Waals surface area contributed by atoms with Gasteiger partial charge >= 0.3 is 0 Å². The minimum Gasteiger partial charge on any atom is -0.497 e. The molecule has 0 aliphatic heterocycles. The fourth-order valence-corrected chi connectivity index (χ4v) is 6.08. The summed E-state index contributed by atoms with van der Waals surface area (Å²) in [6.45, 7) is 6.58. The van der Waals surface area contributed by atoms with Crippen molar-refractivity contribution in [3.05, 3.63) is 29.3 Å². The zero-order valence-corrected chi connectivity index (χ0v) is 14.8. The van der Waals surface area contributed by atoms with Gasteiger partial charge < -0.3 is 4.74 Å². The number of fused-ring (bicyclic) bond motifs is 5. The summed E-state index contributed by atoms with van der Waals surface area (Å²) < 4.78 is 5.40. The Labute approximate surface area is 139 Å². The molecule has 0 aromatic heterocycles. The highest BCUT2D eigenvalue weighted by atomic mass is 16.5. The quantitative estimate of drug-likeness (QED) is 0.747. The van der Waals surface area contributed by atoms with Gasteiger partial charge in [-0.15, -0.1) is 0 Å². The average Bonchev–Trinajstić information content (AvgIpc) is 2.73. The summed E-state index contributed by atoms with van der Waals surface area (Å²) in [7, 11) is 1.74. The van der Waals surface area contributed by atoms with Gasteiger partial charge in [0.2, 0.25) is 0 Å². The maximum absolute atomic E-state index is 13.0. The van der Waals surface area contributed by atoms with Gasteiger partial charge in [-0.1, -0.05) is 26.8 Å². The number of hydrogen-bond donors (Lipinski definition) is 0. The Bertz CT molecular complexity index is 660. The normalized spacial score (nSPS) is 37.7. The first-order valence-electron chi connectivity index (χ1n) is 9.08. The van der Waals surface area contributed by atoms with E-state index in [1.165, 1.54) is 24.0 Å². The molecule has 0 radical (unpaired) electrons. The summed E-state index contributed by atoms with van der Waals surface area (Å²) in [4.78, 5) is 13.0. The first kappa shape index (κ1) is 15.2. The standard InChI is InChI=1S/C21H28O2/c1-20(2)12-18-17-7-5-13-11-14(23-4)6-8-15(13)16(17)9-10-21(18,3)19(20)22/h6,8,11,16-18H,5,7,9-10,12H2,1-4H3/t16-,17-,18+,21+/m1/s1. The third-order valence-electron chi connectivity index (χ3n) is 7.19. The molecule has 1 aromatic rings. The molecule has 2 heteroatoms. The molecule has 3 aliphatic rings. The Kier molecular flexibility index (Phi) is 3.21. The zero-order chi connectivity index (χ0) is 16.4. The highest BCUT2D eigenvalue weighted by molar-refractivity contribution is 5.92. The van der Waals surface area contributed by atoms with Crippen molar-refractivity contribution in [2.45, 2.75) is 58.8 Å². The molecule has 23 heavy (non-hydrogen) atoms. The largest absolute Gasteiger partial charge is 0.497 e. The van der Waals surface area contributed by atoms with E-state index in [1.807, 2.05) is 0 Å². The van der Waals surface area contributed by atoms with Crippen LogP contribution in [0.5, 0.6) is 5.75 Å². The number of aryl methyl sites for hydroxylation is 1. The summed E-state index contributed by atoms with van der Waals surface area (Å²) in [5.41, 5.74) is 2.79. The number of Topliss-reactive ketones (excluding diaryl/α,β-unsaturated/α-hetero) is 1. The van der Waals surface area contributed by atoms with Crippen molar-refractivity contribution in [3.8, 4) is 5.75 Å². The average molecular weight is 312 g/mol. The number of carbonyl (C=O) groups is 1. The number of hydrogen-bond acceptors (Lipinski definition) is 2. The van der Waals surface area contributed by atoms with Crippen LogP contribution in [0, 0.1) is 22.7 Å². The second-order valence-corrected chi connectivity index (χ2v) is 8.85. The Hall–Kier alpha value is -1.31. The topological polar surface area (TPSA) is 26.3 Å². The number of benzene rings is 1. The van der Waals surface area contributed by atoms with Crippen LogP contribution < -0.4 is 4.74 Å². The lowest BCUT2D eigenvalue weighted by Crippen LogP contribution is -2.43. The highest BCUT2D eigenvalue weighted by Crippen LogP contribution is 2.63. The fraction of sp³-hybridized carbons (Fsp3) is 0.667. The van der Waals surface area contributed by atoms with Crippen molar-refractivity contribution in [1.82, 2.24) is 0 Å². The second-order valence-electron chi connectivity index (χ2n) is 8.85. The summed E-state index contributed by atoms with van der Waals surface area (Å²) in [5, 5.41) is 0. The fourth-order valence-electron chi connectivity index (χ4n) is 6.08. The lowest BCUT2D eigenvalue weighted by Gasteiger charge is -2.48. The van der Waals surface area contributed by atoms with Gasteiger partial charge in [-0.2, -0.15) is 0 Å². The lowest BCUT2D eigenvalue weighted by molar-refractivity contribution is -0.134. The first-order chi connectivity index (χ1) is 10.9. The summed E-state index contributed by atoms with van der Waals surface area (Å²) in [5.74, 6) is 3.39. The van der Waals surface area contributed by atoms with Crippen LogP contribution in [0.15, 0.2) is 18.2 Å². The maximum atomic E-state index is 13.0. The molecule has 0 heterocycles. The van der Waals surface area contributed by atoms with E-state index in [0.717, 1.165) is 25.0 Å². The van der Waals surface area contributed by atoms with Crippen molar-refractivity contribution in [1.29, 1.82) is 0 Å². The predicted octanol–water partition coefficient (Wildman–Crippen LogP) is 4.76.